The number of nitrogens with one attached hydrogen (secondary N) is 1. The third-order valence-electron chi connectivity index (χ3n) is 4.95. The van der Waals surface area contributed by atoms with E-state index in [1.54, 1.807) is 14.2 Å². The van der Waals surface area contributed by atoms with Gasteiger partial charge < -0.3 is 14.8 Å². The normalized spacial score (nSPS) is 28.9. The minimum absolute atomic E-state index is 0.387. The molecule has 3 heteroatoms. The molecule has 3 atom stereocenters. The number of hydrogen-bond acceptors (Lipinski definition) is 3. The molecule has 20 heavy (non-hydrogen) atoms. The molecule has 3 nitrogen and oxygen atoms in total. The molecule has 1 aromatic rings. The van der Waals surface area contributed by atoms with E-state index >= 15 is 0 Å². The molecule has 2 aliphatic carbocycles. The lowest BCUT2D eigenvalue weighted by Gasteiger charge is -2.27. The van der Waals surface area contributed by atoms with Crippen LogP contribution in [0, 0.1) is 17.8 Å². The molecule has 0 bridgehead atoms. The van der Waals surface area contributed by atoms with Crippen molar-refractivity contribution in [3.63, 3.8) is 0 Å². The third-order valence-corrected chi connectivity index (χ3v) is 4.95. The monoisotopic (exact) mass is 275 g/mol. The molecule has 0 spiro atoms. The Morgan fingerprint density at radius 2 is 1.90 bits per heavy atom. The summed E-state index contributed by atoms with van der Waals surface area (Å²) < 4.78 is 11.0. The lowest BCUT2D eigenvalue weighted by atomic mass is 9.88. The Morgan fingerprint density at radius 3 is 2.50 bits per heavy atom. The maximum Gasteiger partial charge on any atom is 0.123 e. The predicted octanol–water partition coefficient (Wildman–Crippen LogP) is 3.40. The Hall–Kier alpha value is -1.22. The molecule has 1 aromatic carbocycles. The fourth-order valence-electron chi connectivity index (χ4n) is 3.87. The van der Waals surface area contributed by atoms with E-state index in [9.17, 15) is 0 Å². The molecule has 0 radical (unpaired) electrons. The van der Waals surface area contributed by atoms with Crippen LogP contribution in [0.1, 0.15) is 37.8 Å². The van der Waals surface area contributed by atoms with Crippen LogP contribution >= 0.6 is 0 Å². The number of rotatable bonds is 6. The Balaban J connectivity index is 1.88. The van der Waals surface area contributed by atoms with Gasteiger partial charge in [-0.2, -0.15) is 0 Å². The average Bonchev–Trinajstić information content (AvgIpc) is 3.10. The third kappa shape index (κ3) is 2.51. The largest absolute Gasteiger partial charge is 0.497 e. The summed E-state index contributed by atoms with van der Waals surface area (Å²) in [5.74, 6) is 4.61. The zero-order valence-electron chi connectivity index (χ0n) is 12.7. The van der Waals surface area contributed by atoms with Gasteiger partial charge in [-0.3, -0.25) is 0 Å². The molecular formula is C17H25NO2. The molecule has 3 rings (SSSR count). The first kappa shape index (κ1) is 13.7. The van der Waals surface area contributed by atoms with Gasteiger partial charge in [-0.25, -0.2) is 0 Å². The Labute approximate surface area is 121 Å². The van der Waals surface area contributed by atoms with Gasteiger partial charge in [0.25, 0.3) is 0 Å². The van der Waals surface area contributed by atoms with E-state index in [4.69, 9.17) is 9.47 Å². The molecule has 0 saturated heterocycles. The number of ether oxygens (including phenoxy) is 2. The molecule has 2 fully saturated rings. The highest BCUT2D eigenvalue weighted by Gasteiger charge is 2.48. The first-order valence-corrected chi connectivity index (χ1v) is 7.72. The van der Waals surface area contributed by atoms with Crippen LogP contribution in [0.5, 0.6) is 11.5 Å². The van der Waals surface area contributed by atoms with Crippen molar-refractivity contribution in [3.05, 3.63) is 23.8 Å². The Bertz CT molecular complexity index is 464. The van der Waals surface area contributed by atoms with Crippen LogP contribution in [0.4, 0.5) is 0 Å². The maximum atomic E-state index is 5.57. The smallest absolute Gasteiger partial charge is 0.123 e. The standard InChI is InChI=1S/C17H25NO2/c1-4-18-17(13-8-11-7-12(11)9-13)15-10-14(19-2)5-6-16(15)20-3/h5-6,10-13,17-18H,4,7-9H2,1-3H3. The summed E-state index contributed by atoms with van der Waals surface area (Å²) in [5, 5.41) is 3.67. The molecule has 2 saturated carbocycles. The molecular weight excluding hydrogens is 250 g/mol. The van der Waals surface area contributed by atoms with Crippen molar-refractivity contribution >= 4 is 0 Å². The zero-order chi connectivity index (χ0) is 14.1. The van der Waals surface area contributed by atoms with Gasteiger partial charge >= 0.3 is 0 Å². The van der Waals surface area contributed by atoms with E-state index in [0.29, 0.717) is 6.04 Å². The van der Waals surface area contributed by atoms with E-state index in [2.05, 4.69) is 18.3 Å². The Kier molecular flexibility index (Phi) is 3.88. The van der Waals surface area contributed by atoms with E-state index in [0.717, 1.165) is 35.8 Å². The van der Waals surface area contributed by atoms with Gasteiger partial charge in [-0.15, -0.1) is 0 Å². The van der Waals surface area contributed by atoms with Gasteiger partial charge in [0.05, 0.1) is 14.2 Å². The van der Waals surface area contributed by atoms with Crippen LogP contribution in [-0.2, 0) is 0 Å². The topological polar surface area (TPSA) is 30.5 Å². The predicted molar refractivity (Wildman–Crippen MR) is 80.3 cm³/mol. The average molecular weight is 275 g/mol. The Morgan fingerprint density at radius 1 is 1.15 bits per heavy atom. The number of benzene rings is 1. The minimum Gasteiger partial charge on any atom is -0.497 e. The van der Waals surface area contributed by atoms with E-state index in [-0.39, 0.29) is 0 Å². The molecule has 0 amide bonds. The number of methoxy groups -OCH3 is 2. The van der Waals surface area contributed by atoms with Crippen molar-refractivity contribution in [2.24, 2.45) is 17.8 Å². The first-order chi connectivity index (χ1) is 9.76. The summed E-state index contributed by atoms with van der Waals surface area (Å²) in [6.45, 7) is 3.16. The van der Waals surface area contributed by atoms with Gasteiger partial charge in [0, 0.05) is 11.6 Å². The van der Waals surface area contributed by atoms with Crippen LogP contribution < -0.4 is 14.8 Å². The second kappa shape index (κ2) is 5.65. The van der Waals surface area contributed by atoms with Crippen LogP contribution in [0.25, 0.3) is 0 Å². The molecule has 0 aliphatic heterocycles. The number of hydrogen-bond donors (Lipinski definition) is 1. The zero-order valence-corrected chi connectivity index (χ0v) is 12.7. The fraction of sp³-hybridized carbons (Fsp3) is 0.647. The molecule has 3 unspecified atom stereocenters. The lowest BCUT2D eigenvalue weighted by Crippen LogP contribution is -2.28. The van der Waals surface area contributed by atoms with Gasteiger partial charge in [0.15, 0.2) is 0 Å². The number of fused-ring (bicyclic) bond motifs is 1. The summed E-state index contributed by atoms with van der Waals surface area (Å²) in [4.78, 5) is 0. The van der Waals surface area contributed by atoms with Crippen LogP contribution in [0.3, 0.4) is 0 Å². The minimum atomic E-state index is 0.387. The quantitative estimate of drug-likeness (QED) is 0.863. The van der Waals surface area contributed by atoms with E-state index in [1.165, 1.54) is 24.8 Å². The van der Waals surface area contributed by atoms with E-state index < -0.39 is 0 Å². The van der Waals surface area contributed by atoms with Crippen molar-refractivity contribution in [1.29, 1.82) is 0 Å². The second-order valence-corrected chi connectivity index (χ2v) is 6.13. The second-order valence-electron chi connectivity index (χ2n) is 6.13. The highest BCUT2D eigenvalue weighted by atomic mass is 16.5. The molecule has 110 valence electrons. The summed E-state index contributed by atoms with van der Waals surface area (Å²) in [7, 11) is 3.47. The van der Waals surface area contributed by atoms with Gasteiger partial charge in [-0.05, 0) is 61.8 Å². The van der Waals surface area contributed by atoms with E-state index in [1.807, 2.05) is 12.1 Å². The highest BCUT2D eigenvalue weighted by Crippen LogP contribution is 2.57. The van der Waals surface area contributed by atoms with Crippen molar-refractivity contribution < 1.29 is 9.47 Å². The maximum absolute atomic E-state index is 5.57. The fourth-order valence-corrected chi connectivity index (χ4v) is 3.87. The molecule has 1 N–H and O–H groups in total. The van der Waals surface area contributed by atoms with Crippen molar-refractivity contribution in [3.8, 4) is 11.5 Å². The summed E-state index contributed by atoms with van der Waals surface area (Å²) >= 11 is 0. The van der Waals surface area contributed by atoms with Gasteiger partial charge in [-0.1, -0.05) is 6.92 Å². The lowest BCUT2D eigenvalue weighted by molar-refractivity contribution is 0.327. The van der Waals surface area contributed by atoms with Crippen LogP contribution in [0.2, 0.25) is 0 Å². The summed E-state index contributed by atoms with van der Waals surface area (Å²) in [6.07, 6.45) is 4.19. The molecule has 0 heterocycles. The summed E-state index contributed by atoms with van der Waals surface area (Å²) in [6, 6.07) is 6.51. The van der Waals surface area contributed by atoms with Crippen LogP contribution in [0.15, 0.2) is 18.2 Å². The molecule has 2 aliphatic rings. The van der Waals surface area contributed by atoms with Crippen molar-refractivity contribution in [2.45, 2.75) is 32.2 Å². The first-order valence-electron chi connectivity index (χ1n) is 7.72. The summed E-state index contributed by atoms with van der Waals surface area (Å²) in [5.41, 5.74) is 1.25. The van der Waals surface area contributed by atoms with Gasteiger partial charge in [0.2, 0.25) is 0 Å². The SMILES string of the molecule is CCNC(c1cc(OC)ccc1OC)C1CC2CC2C1. The molecule has 0 aromatic heterocycles. The van der Waals surface area contributed by atoms with Crippen LogP contribution in [-0.4, -0.2) is 20.8 Å². The highest BCUT2D eigenvalue weighted by molar-refractivity contribution is 5.42. The van der Waals surface area contributed by atoms with Gasteiger partial charge in [0.1, 0.15) is 11.5 Å². The van der Waals surface area contributed by atoms with Crippen molar-refractivity contribution in [1.82, 2.24) is 5.32 Å². The van der Waals surface area contributed by atoms with Crippen molar-refractivity contribution in [2.75, 3.05) is 20.8 Å².